The molecule has 0 spiro atoms. The molecule has 1 N–H and O–H groups in total. The van der Waals surface area contributed by atoms with Crippen molar-refractivity contribution in [1.29, 1.82) is 0 Å². The summed E-state index contributed by atoms with van der Waals surface area (Å²) in [5.41, 5.74) is 2.98. The monoisotopic (exact) mass is 453 g/mol. The number of carbonyl (C=O) groups excluding carboxylic acids is 1. The van der Waals surface area contributed by atoms with Gasteiger partial charge in [-0.25, -0.2) is 4.68 Å². The molecule has 1 atom stereocenters. The molecule has 4 rings (SSSR count). The number of hydrogen-bond donors (Lipinski definition) is 1. The predicted molar refractivity (Wildman–Crippen MR) is 122 cm³/mol. The third-order valence-electron chi connectivity index (χ3n) is 5.42. The van der Waals surface area contributed by atoms with Crippen molar-refractivity contribution in [2.75, 3.05) is 13.2 Å². The van der Waals surface area contributed by atoms with Crippen molar-refractivity contribution < 1.29 is 18.7 Å². The number of nitrogens with one attached hydrogen (secondary N) is 1. The lowest BCUT2D eigenvalue weighted by Crippen LogP contribution is -2.34. The lowest BCUT2D eigenvalue weighted by molar-refractivity contribution is -0.137. The molecule has 3 aromatic rings. The summed E-state index contributed by atoms with van der Waals surface area (Å²) in [7, 11) is 0. The summed E-state index contributed by atoms with van der Waals surface area (Å²) in [4.78, 5) is 12.8. The van der Waals surface area contributed by atoms with E-state index in [9.17, 15) is 4.79 Å². The second-order valence-corrected chi connectivity index (χ2v) is 9.20. The van der Waals surface area contributed by atoms with Gasteiger partial charge in [-0.2, -0.15) is 5.10 Å². The van der Waals surface area contributed by atoms with Crippen molar-refractivity contribution in [2.45, 2.75) is 59.4 Å². The minimum absolute atomic E-state index is 0.165. The quantitative estimate of drug-likeness (QED) is 0.554. The van der Waals surface area contributed by atoms with Crippen molar-refractivity contribution >= 4 is 5.91 Å². The molecule has 9 heteroatoms. The first-order chi connectivity index (χ1) is 15.7. The molecule has 1 aromatic carbocycles. The lowest BCUT2D eigenvalue weighted by atomic mass is 10.1. The van der Waals surface area contributed by atoms with Crippen molar-refractivity contribution in [3.8, 4) is 17.3 Å². The van der Waals surface area contributed by atoms with Crippen LogP contribution in [0, 0.1) is 12.8 Å². The van der Waals surface area contributed by atoms with Gasteiger partial charge in [-0.1, -0.05) is 19.9 Å². The van der Waals surface area contributed by atoms with E-state index in [1.54, 1.807) is 13.0 Å². The fourth-order valence-electron chi connectivity index (χ4n) is 3.71. The van der Waals surface area contributed by atoms with Crippen LogP contribution in [0.25, 0.3) is 17.3 Å². The average molecular weight is 454 g/mol. The number of amides is 1. The van der Waals surface area contributed by atoms with Crippen LogP contribution in [0.5, 0.6) is 0 Å². The van der Waals surface area contributed by atoms with Gasteiger partial charge in [-0.15, -0.1) is 10.2 Å². The summed E-state index contributed by atoms with van der Waals surface area (Å²) < 4.78 is 18.7. The Bertz CT molecular complexity index is 1120. The van der Waals surface area contributed by atoms with Gasteiger partial charge in [0, 0.05) is 24.7 Å². The Morgan fingerprint density at radius 3 is 2.76 bits per heavy atom. The molecule has 0 saturated carbocycles. The van der Waals surface area contributed by atoms with Gasteiger partial charge in [0.2, 0.25) is 5.89 Å². The number of nitrogens with zero attached hydrogens (tertiary/aromatic N) is 4. The van der Waals surface area contributed by atoms with Gasteiger partial charge in [0.05, 0.1) is 12.3 Å². The summed E-state index contributed by atoms with van der Waals surface area (Å²) in [6.45, 7) is 10.7. The minimum atomic E-state index is -0.615. The molecule has 0 radical (unpaired) electrons. The van der Waals surface area contributed by atoms with Crippen LogP contribution >= 0.6 is 0 Å². The molecular weight excluding hydrogens is 422 g/mol. The topological polar surface area (TPSA) is 104 Å². The summed E-state index contributed by atoms with van der Waals surface area (Å²) in [6.07, 6.45) is 1.68. The SMILES string of the molecule is Cc1nnc(-c2cc(CCC(C)C)n(-c3cccc(C(=O)NCC4COC(C)(C)O4)c3)n2)o1. The van der Waals surface area contributed by atoms with Crippen LogP contribution in [0.15, 0.2) is 34.7 Å². The first-order valence-corrected chi connectivity index (χ1v) is 11.3. The molecule has 0 bridgehead atoms. The maximum atomic E-state index is 12.8. The summed E-state index contributed by atoms with van der Waals surface area (Å²) in [5.74, 6) is 0.630. The third-order valence-corrected chi connectivity index (χ3v) is 5.42. The van der Waals surface area contributed by atoms with Gasteiger partial charge in [0.15, 0.2) is 5.79 Å². The van der Waals surface area contributed by atoms with Crippen LogP contribution in [-0.2, 0) is 15.9 Å². The molecule has 1 aliphatic heterocycles. The van der Waals surface area contributed by atoms with Gasteiger partial charge in [0.25, 0.3) is 11.8 Å². The Balaban J connectivity index is 1.55. The molecule has 3 heterocycles. The Morgan fingerprint density at radius 1 is 1.27 bits per heavy atom. The Morgan fingerprint density at radius 2 is 2.09 bits per heavy atom. The second kappa shape index (κ2) is 9.44. The summed E-state index contributed by atoms with van der Waals surface area (Å²) >= 11 is 0. The van der Waals surface area contributed by atoms with Crippen molar-refractivity contribution in [3.05, 3.63) is 47.5 Å². The lowest BCUT2D eigenvalue weighted by Gasteiger charge is -2.17. The number of benzene rings is 1. The van der Waals surface area contributed by atoms with Crippen LogP contribution < -0.4 is 5.32 Å². The molecule has 1 aliphatic rings. The Hall–Kier alpha value is -3.04. The smallest absolute Gasteiger partial charge is 0.268 e. The standard InChI is InChI=1S/C24H31N5O4/c1-15(2)9-10-19-12-21(23-27-26-16(3)32-23)28-29(19)18-8-6-7-17(11-18)22(30)25-13-20-14-31-24(4,5)33-20/h6-8,11-12,15,20H,9-10,13-14H2,1-5H3,(H,25,30). The molecule has 1 fully saturated rings. The highest BCUT2D eigenvalue weighted by Crippen LogP contribution is 2.24. The molecule has 33 heavy (non-hydrogen) atoms. The first-order valence-electron chi connectivity index (χ1n) is 11.3. The highest BCUT2D eigenvalue weighted by atomic mass is 16.7. The highest BCUT2D eigenvalue weighted by Gasteiger charge is 2.32. The first kappa shape index (κ1) is 23.1. The normalized spacial score (nSPS) is 17.6. The van der Waals surface area contributed by atoms with E-state index in [0.29, 0.717) is 42.1 Å². The molecule has 1 unspecified atom stereocenters. The zero-order valence-corrected chi connectivity index (χ0v) is 19.8. The van der Waals surface area contributed by atoms with Crippen LogP contribution in [0.4, 0.5) is 0 Å². The molecule has 2 aromatic heterocycles. The molecule has 9 nitrogen and oxygen atoms in total. The molecule has 1 saturated heterocycles. The van der Waals surface area contributed by atoms with Crippen molar-refractivity contribution in [3.63, 3.8) is 0 Å². The van der Waals surface area contributed by atoms with Crippen molar-refractivity contribution in [2.24, 2.45) is 5.92 Å². The van der Waals surface area contributed by atoms with E-state index >= 15 is 0 Å². The fourth-order valence-corrected chi connectivity index (χ4v) is 3.71. The Labute approximate surface area is 193 Å². The molecule has 1 amide bonds. The number of rotatable bonds is 8. The van der Waals surface area contributed by atoms with Crippen molar-refractivity contribution in [1.82, 2.24) is 25.3 Å². The third kappa shape index (κ3) is 5.66. The number of ether oxygens (including phenoxy) is 2. The van der Waals surface area contributed by atoms with E-state index in [1.807, 2.05) is 42.8 Å². The van der Waals surface area contributed by atoms with Crippen LogP contribution in [0.3, 0.4) is 0 Å². The van der Waals surface area contributed by atoms with E-state index in [-0.39, 0.29) is 12.0 Å². The van der Waals surface area contributed by atoms with Crippen LogP contribution in [0.1, 0.15) is 56.1 Å². The van der Waals surface area contributed by atoms with Gasteiger partial charge < -0.3 is 19.2 Å². The zero-order chi connectivity index (χ0) is 23.6. The fraction of sp³-hybridized carbons (Fsp3) is 0.500. The second-order valence-electron chi connectivity index (χ2n) is 9.20. The van der Waals surface area contributed by atoms with E-state index < -0.39 is 5.79 Å². The van der Waals surface area contributed by atoms with E-state index in [0.717, 1.165) is 24.2 Å². The van der Waals surface area contributed by atoms with E-state index in [1.165, 1.54) is 0 Å². The number of carbonyl (C=O) groups is 1. The van der Waals surface area contributed by atoms with E-state index in [4.69, 9.17) is 19.0 Å². The number of aromatic nitrogens is 4. The highest BCUT2D eigenvalue weighted by molar-refractivity contribution is 5.94. The van der Waals surface area contributed by atoms with Gasteiger partial charge >= 0.3 is 0 Å². The molecule has 0 aliphatic carbocycles. The Kier molecular flexibility index (Phi) is 6.62. The van der Waals surface area contributed by atoms with Crippen LogP contribution in [-0.4, -0.2) is 50.9 Å². The molecular formula is C24H31N5O4. The maximum absolute atomic E-state index is 12.8. The predicted octanol–water partition coefficient (Wildman–Crippen LogP) is 3.70. The summed E-state index contributed by atoms with van der Waals surface area (Å²) in [6, 6.07) is 9.38. The average Bonchev–Trinajstić information content (AvgIpc) is 3.48. The number of hydrogen-bond acceptors (Lipinski definition) is 7. The van der Waals surface area contributed by atoms with E-state index in [2.05, 4.69) is 29.4 Å². The van der Waals surface area contributed by atoms with Crippen LogP contribution in [0.2, 0.25) is 0 Å². The largest absolute Gasteiger partial charge is 0.420 e. The maximum Gasteiger partial charge on any atom is 0.268 e. The minimum Gasteiger partial charge on any atom is -0.420 e. The summed E-state index contributed by atoms with van der Waals surface area (Å²) in [5, 5.41) is 15.7. The molecule has 176 valence electrons. The van der Waals surface area contributed by atoms with Gasteiger partial charge in [-0.05, 0) is 56.9 Å². The van der Waals surface area contributed by atoms with Gasteiger partial charge in [0.1, 0.15) is 11.8 Å². The number of aryl methyl sites for hydroxylation is 2. The zero-order valence-electron chi connectivity index (χ0n) is 19.8. The van der Waals surface area contributed by atoms with Gasteiger partial charge in [-0.3, -0.25) is 4.79 Å².